The van der Waals surface area contributed by atoms with Crippen molar-refractivity contribution >= 4 is 17.6 Å². The molecular formula is C20H13FN2O2. The second-order valence-corrected chi connectivity index (χ2v) is 5.31. The lowest BCUT2D eigenvalue weighted by atomic mass is 10.1. The van der Waals surface area contributed by atoms with Crippen molar-refractivity contribution in [1.29, 1.82) is 5.26 Å². The molecule has 0 bridgehead atoms. The molecule has 0 aliphatic heterocycles. The van der Waals surface area contributed by atoms with Gasteiger partial charge in [0, 0.05) is 23.1 Å². The van der Waals surface area contributed by atoms with Crippen LogP contribution in [0.2, 0.25) is 0 Å². The second kappa shape index (κ2) is 6.85. The van der Waals surface area contributed by atoms with Crippen LogP contribution in [0.5, 0.6) is 0 Å². The third-order valence-corrected chi connectivity index (χ3v) is 3.73. The van der Waals surface area contributed by atoms with E-state index in [1.54, 1.807) is 59.3 Å². The molecule has 4 nitrogen and oxygen atoms in total. The van der Waals surface area contributed by atoms with E-state index < -0.39 is 11.8 Å². The van der Waals surface area contributed by atoms with Crippen molar-refractivity contribution in [2.75, 3.05) is 0 Å². The highest BCUT2D eigenvalue weighted by atomic mass is 19.1. The van der Waals surface area contributed by atoms with Gasteiger partial charge in [0.2, 0.25) is 0 Å². The Morgan fingerprint density at radius 2 is 1.92 bits per heavy atom. The quantitative estimate of drug-likeness (QED) is 0.721. The van der Waals surface area contributed by atoms with Gasteiger partial charge in [0.15, 0.2) is 0 Å². The molecule has 5 heteroatoms. The number of carboxylic acids is 1. The van der Waals surface area contributed by atoms with E-state index in [4.69, 9.17) is 5.11 Å². The number of nitriles is 1. The first kappa shape index (κ1) is 16.2. The molecule has 1 aromatic heterocycles. The van der Waals surface area contributed by atoms with Gasteiger partial charge in [0.05, 0.1) is 17.2 Å². The molecule has 0 unspecified atom stereocenters. The fourth-order valence-corrected chi connectivity index (χ4v) is 2.53. The Bertz CT molecular complexity index is 1010. The summed E-state index contributed by atoms with van der Waals surface area (Å²) in [6.07, 6.45) is 3.33. The normalized spacial score (nSPS) is 11.1. The molecule has 0 aliphatic rings. The molecule has 0 radical (unpaired) electrons. The van der Waals surface area contributed by atoms with Crippen LogP contribution in [-0.2, 0) is 0 Å². The fraction of sp³-hybridized carbons (Fsp3) is 0. The topological polar surface area (TPSA) is 66.0 Å². The number of halogens is 1. The molecule has 122 valence electrons. The molecule has 1 heterocycles. The molecular weight excluding hydrogens is 319 g/mol. The van der Waals surface area contributed by atoms with E-state index >= 15 is 0 Å². The first-order valence-corrected chi connectivity index (χ1v) is 7.48. The molecule has 25 heavy (non-hydrogen) atoms. The molecule has 0 amide bonds. The summed E-state index contributed by atoms with van der Waals surface area (Å²) in [7, 11) is 0. The zero-order chi connectivity index (χ0) is 17.8. The predicted octanol–water partition coefficient (Wildman–Crippen LogP) is 4.38. The van der Waals surface area contributed by atoms with Crippen molar-refractivity contribution < 1.29 is 14.3 Å². The summed E-state index contributed by atoms with van der Waals surface area (Å²) in [5.74, 6) is -1.49. The predicted molar refractivity (Wildman–Crippen MR) is 92.6 cm³/mol. The number of hydrogen-bond donors (Lipinski definition) is 1. The van der Waals surface area contributed by atoms with Gasteiger partial charge in [-0.1, -0.05) is 24.3 Å². The molecule has 1 N–H and O–H groups in total. The van der Waals surface area contributed by atoms with Gasteiger partial charge >= 0.3 is 5.97 Å². The maximum absolute atomic E-state index is 14.0. The largest absolute Gasteiger partial charge is 0.478 e. The SMILES string of the molecule is N#C/C(=C/c1cccn1-c1cccc(C(=O)O)c1)c1ccccc1F. The van der Waals surface area contributed by atoms with Crippen molar-refractivity contribution in [3.8, 4) is 11.8 Å². The van der Waals surface area contributed by atoms with E-state index in [-0.39, 0.29) is 16.7 Å². The maximum Gasteiger partial charge on any atom is 0.335 e. The number of benzene rings is 2. The van der Waals surface area contributed by atoms with Crippen LogP contribution in [0.25, 0.3) is 17.3 Å². The summed E-state index contributed by atoms with van der Waals surface area (Å²) in [6, 6.07) is 18.1. The number of aromatic nitrogens is 1. The van der Waals surface area contributed by atoms with Crippen LogP contribution in [0.1, 0.15) is 21.6 Å². The molecule has 0 spiro atoms. The number of hydrogen-bond acceptors (Lipinski definition) is 2. The van der Waals surface area contributed by atoms with Gasteiger partial charge in [0.25, 0.3) is 0 Å². The smallest absolute Gasteiger partial charge is 0.335 e. The van der Waals surface area contributed by atoms with Crippen molar-refractivity contribution in [3.63, 3.8) is 0 Å². The van der Waals surface area contributed by atoms with Crippen LogP contribution in [-0.4, -0.2) is 15.6 Å². The van der Waals surface area contributed by atoms with E-state index in [9.17, 15) is 14.4 Å². The fourth-order valence-electron chi connectivity index (χ4n) is 2.53. The highest BCUT2D eigenvalue weighted by Gasteiger charge is 2.10. The lowest BCUT2D eigenvalue weighted by molar-refractivity contribution is 0.0697. The highest BCUT2D eigenvalue weighted by molar-refractivity contribution is 5.90. The third-order valence-electron chi connectivity index (χ3n) is 3.73. The average Bonchev–Trinajstić information content (AvgIpc) is 3.08. The Morgan fingerprint density at radius 1 is 1.12 bits per heavy atom. The van der Waals surface area contributed by atoms with E-state index in [1.165, 1.54) is 18.2 Å². The monoisotopic (exact) mass is 332 g/mol. The molecule has 3 rings (SSSR count). The zero-order valence-corrected chi connectivity index (χ0v) is 13.1. The zero-order valence-electron chi connectivity index (χ0n) is 13.1. The Balaban J connectivity index is 2.08. The van der Waals surface area contributed by atoms with E-state index in [0.29, 0.717) is 11.4 Å². The molecule has 3 aromatic rings. The van der Waals surface area contributed by atoms with Gasteiger partial charge in [-0.25, -0.2) is 9.18 Å². The van der Waals surface area contributed by atoms with Gasteiger partial charge < -0.3 is 9.67 Å². The minimum absolute atomic E-state index is 0.163. The summed E-state index contributed by atoms with van der Waals surface area (Å²) in [5, 5.41) is 18.5. The second-order valence-electron chi connectivity index (χ2n) is 5.31. The Kier molecular flexibility index (Phi) is 4.44. The highest BCUT2D eigenvalue weighted by Crippen LogP contribution is 2.23. The molecule has 0 saturated carbocycles. The van der Waals surface area contributed by atoms with Gasteiger partial charge in [-0.3, -0.25) is 0 Å². The van der Waals surface area contributed by atoms with Crippen LogP contribution in [0.3, 0.4) is 0 Å². The number of rotatable bonds is 4. The van der Waals surface area contributed by atoms with Crippen LogP contribution in [0, 0.1) is 17.1 Å². The van der Waals surface area contributed by atoms with E-state index in [2.05, 4.69) is 0 Å². The number of allylic oxidation sites excluding steroid dienone is 1. The van der Waals surface area contributed by atoms with E-state index in [0.717, 1.165) is 0 Å². The lowest BCUT2D eigenvalue weighted by Gasteiger charge is -2.08. The van der Waals surface area contributed by atoms with Crippen LogP contribution < -0.4 is 0 Å². The van der Waals surface area contributed by atoms with Crippen LogP contribution in [0.15, 0.2) is 66.9 Å². The number of nitrogens with zero attached hydrogens (tertiary/aromatic N) is 2. The summed E-state index contributed by atoms with van der Waals surface area (Å²) in [4.78, 5) is 11.1. The van der Waals surface area contributed by atoms with Crippen molar-refractivity contribution in [3.05, 3.63) is 89.5 Å². The summed E-state index contributed by atoms with van der Waals surface area (Å²) < 4.78 is 15.7. The van der Waals surface area contributed by atoms with Gasteiger partial charge in [-0.05, 0) is 42.5 Å². The number of carboxylic acid groups (broad SMARTS) is 1. The first-order valence-electron chi connectivity index (χ1n) is 7.48. The summed E-state index contributed by atoms with van der Waals surface area (Å²) in [6.45, 7) is 0. The minimum Gasteiger partial charge on any atom is -0.478 e. The number of aromatic carboxylic acids is 1. The molecule has 0 atom stereocenters. The van der Waals surface area contributed by atoms with Gasteiger partial charge in [0.1, 0.15) is 5.82 Å². The van der Waals surface area contributed by atoms with Crippen molar-refractivity contribution in [2.24, 2.45) is 0 Å². The molecule has 0 aliphatic carbocycles. The standard InChI is InChI=1S/C20H13FN2O2/c21-19-9-2-1-8-18(19)15(13-22)12-17-7-4-10-23(17)16-6-3-5-14(11-16)20(24)25/h1-12H,(H,24,25)/b15-12-. The van der Waals surface area contributed by atoms with Gasteiger partial charge in [-0.15, -0.1) is 0 Å². The average molecular weight is 332 g/mol. The summed E-state index contributed by atoms with van der Waals surface area (Å²) in [5.41, 5.74) is 1.85. The summed E-state index contributed by atoms with van der Waals surface area (Å²) >= 11 is 0. The van der Waals surface area contributed by atoms with Crippen molar-refractivity contribution in [2.45, 2.75) is 0 Å². The minimum atomic E-state index is -1.02. The molecule has 2 aromatic carbocycles. The lowest BCUT2D eigenvalue weighted by Crippen LogP contribution is -2.00. The van der Waals surface area contributed by atoms with Crippen LogP contribution in [0.4, 0.5) is 4.39 Å². The first-order chi connectivity index (χ1) is 12.1. The Labute approximate surface area is 143 Å². The number of carbonyl (C=O) groups is 1. The maximum atomic E-state index is 14.0. The Hall–Kier alpha value is -3.65. The Morgan fingerprint density at radius 3 is 2.64 bits per heavy atom. The molecule has 0 saturated heterocycles. The van der Waals surface area contributed by atoms with Crippen molar-refractivity contribution in [1.82, 2.24) is 4.57 Å². The van der Waals surface area contributed by atoms with Gasteiger partial charge in [-0.2, -0.15) is 5.26 Å². The molecule has 0 fully saturated rings. The third kappa shape index (κ3) is 3.33. The van der Waals surface area contributed by atoms with Crippen LogP contribution >= 0.6 is 0 Å². The van der Waals surface area contributed by atoms with E-state index in [1.807, 2.05) is 6.07 Å².